The van der Waals surface area contributed by atoms with E-state index in [4.69, 9.17) is 0 Å². The van der Waals surface area contributed by atoms with E-state index in [1.807, 2.05) is 25.1 Å². The van der Waals surface area contributed by atoms with Gasteiger partial charge in [-0.2, -0.15) is 0 Å². The third-order valence-corrected chi connectivity index (χ3v) is 4.93. The van der Waals surface area contributed by atoms with Crippen LogP contribution in [0.25, 0.3) is 0 Å². The summed E-state index contributed by atoms with van der Waals surface area (Å²) >= 11 is 1.70. The first kappa shape index (κ1) is 16.2. The van der Waals surface area contributed by atoms with Crippen molar-refractivity contribution in [2.24, 2.45) is 0 Å². The molecule has 4 nitrogen and oxygen atoms in total. The largest absolute Gasteiger partial charge is 0.392 e. The molecule has 0 radical (unpaired) electrons. The Morgan fingerprint density at radius 3 is 2.35 bits per heavy atom. The Hall–Kier alpha value is -1.69. The molecule has 0 bridgehead atoms. The molecule has 0 fully saturated rings. The van der Waals surface area contributed by atoms with Gasteiger partial charge in [-0.1, -0.05) is 30.3 Å². The lowest BCUT2D eigenvalue weighted by Gasteiger charge is -2.22. The highest BCUT2D eigenvalue weighted by Gasteiger charge is 2.28. The number of para-hydroxylation sites is 3. The van der Waals surface area contributed by atoms with E-state index in [-0.39, 0.29) is 6.10 Å². The number of aliphatic hydroxyl groups excluding tert-OH is 1. The molecule has 0 amide bonds. The second-order valence-electron chi connectivity index (χ2n) is 6.01. The van der Waals surface area contributed by atoms with E-state index < -0.39 is 0 Å². The maximum atomic E-state index is 10.1. The van der Waals surface area contributed by atoms with E-state index >= 15 is 0 Å². The monoisotopic (exact) mass is 329 g/mol. The Kier molecular flexibility index (Phi) is 5.10. The Labute approximate surface area is 142 Å². The molecule has 1 unspecified atom stereocenters. The van der Waals surface area contributed by atoms with Gasteiger partial charge in [0, 0.05) is 13.1 Å². The molecule has 1 N–H and O–H groups in total. The molecule has 2 aromatic rings. The lowest BCUT2D eigenvalue weighted by atomic mass is 10.2. The molecule has 0 saturated heterocycles. The van der Waals surface area contributed by atoms with E-state index in [1.165, 1.54) is 17.1 Å². The second-order valence-corrected chi connectivity index (χ2v) is 6.98. The van der Waals surface area contributed by atoms with E-state index in [0.717, 1.165) is 13.0 Å². The Bertz CT molecular complexity index is 635. The van der Waals surface area contributed by atoms with Crippen LogP contribution in [0.15, 0.2) is 54.6 Å². The highest BCUT2D eigenvalue weighted by atomic mass is 32.2. The lowest BCUT2D eigenvalue weighted by molar-refractivity contribution is 0.131. The van der Waals surface area contributed by atoms with Crippen molar-refractivity contribution >= 4 is 29.2 Å². The summed E-state index contributed by atoms with van der Waals surface area (Å²) in [7, 11) is 3.97. The first-order chi connectivity index (χ1) is 11.1. The molecule has 1 aliphatic heterocycles. The van der Waals surface area contributed by atoms with Crippen LogP contribution in [-0.4, -0.2) is 43.3 Å². The first-order valence-electron chi connectivity index (χ1n) is 7.88. The predicted octanol–water partition coefficient (Wildman–Crippen LogP) is 3.52. The van der Waals surface area contributed by atoms with Gasteiger partial charge in [-0.15, -0.1) is 0 Å². The molecule has 1 aliphatic rings. The van der Waals surface area contributed by atoms with Gasteiger partial charge in [0.15, 0.2) is 0 Å². The van der Waals surface area contributed by atoms with Crippen molar-refractivity contribution < 1.29 is 5.11 Å². The molecular weight excluding hydrogens is 306 g/mol. The van der Waals surface area contributed by atoms with Crippen molar-refractivity contribution in [1.29, 1.82) is 0 Å². The Morgan fingerprint density at radius 1 is 1.00 bits per heavy atom. The topological polar surface area (TPSA) is 30.0 Å². The summed E-state index contributed by atoms with van der Waals surface area (Å²) in [4.78, 5) is 2.02. The molecule has 1 heterocycles. The van der Waals surface area contributed by atoms with Crippen LogP contribution in [-0.2, 0) is 0 Å². The van der Waals surface area contributed by atoms with E-state index in [2.05, 4.69) is 57.1 Å². The van der Waals surface area contributed by atoms with Gasteiger partial charge in [-0.05, 0) is 44.8 Å². The van der Waals surface area contributed by atoms with Gasteiger partial charge in [0.2, 0.25) is 0 Å². The highest BCUT2D eigenvalue weighted by Crippen LogP contribution is 2.48. The normalized spacial score (nSPS) is 15.1. The van der Waals surface area contributed by atoms with Gasteiger partial charge < -0.3 is 10.0 Å². The molecule has 0 saturated carbocycles. The molecule has 0 aliphatic carbocycles. The van der Waals surface area contributed by atoms with Crippen molar-refractivity contribution in [2.45, 2.75) is 12.5 Å². The summed E-state index contributed by atoms with van der Waals surface area (Å²) in [5.41, 5.74) is 3.57. The summed E-state index contributed by atoms with van der Waals surface area (Å²) < 4.78 is 4.51. The van der Waals surface area contributed by atoms with Crippen molar-refractivity contribution in [3.8, 4) is 0 Å². The smallest absolute Gasteiger partial charge is 0.0784 e. The van der Waals surface area contributed by atoms with Crippen LogP contribution in [0, 0.1) is 0 Å². The van der Waals surface area contributed by atoms with E-state index in [9.17, 15) is 5.11 Å². The zero-order valence-corrected chi connectivity index (χ0v) is 14.4. The maximum Gasteiger partial charge on any atom is 0.0784 e. The zero-order chi connectivity index (χ0) is 16.2. The number of nitrogens with zero attached hydrogens (tertiary/aromatic N) is 3. The fourth-order valence-corrected chi connectivity index (χ4v) is 3.81. The molecule has 0 aromatic heterocycles. The number of anilines is 3. The average molecular weight is 329 g/mol. The van der Waals surface area contributed by atoms with Crippen molar-refractivity contribution in [2.75, 3.05) is 35.8 Å². The highest BCUT2D eigenvalue weighted by molar-refractivity contribution is 8.02. The molecule has 5 heteroatoms. The SMILES string of the molecule is CN(C)CC(O)CCN1SN(c2ccccc2)c2ccccc21. The molecule has 0 spiro atoms. The van der Waals surface area contributed by atoms with Crippen molar-refractivity contribution in [1.82, 2.24) is 4.90 Å². The van der Waals surface area contributed by atoms with Crippen LogP contribution in [0.4, 0.5) is 17.1 Å². The molecule has 2 aromatic carbocycles. The standard InChI is InChI=1S/C18H23N3OS/c1-19(2)14-16(22)12-13-20-17-10-6-7-11-18(17)21(23-20)15-8-4-3-5-9-15/h3-11,16,22H,12-14H2,1-2H3. The number of hydrogen-bond donors (Lipinski definition) is 1. The fourth-order valence-electron chi connectivity index (χ4n) is 2.72. The summed E-state index contributed by atoms with van der Waals surface area (Å²) in [6, 6.07) is 18.8. The fraction of sp³-hybridized carbons (Fsp3) is 0.333. The van der Waals surface area contributed by atoms with Crippen molar-refractivity contribution in [3.63, 3.8) is 0 Å². The Balaban J connectivity index is 1.74. The quantitative estimate of drug-likeness (QED) is 0.819. The minimum Gasteiger partial charge on any atom is -0.392 e. The second kappa shape index (κ2) is 7.25. The van der Waals surface area contributed by atoms with Gasteiger partial charge in [0.25, 0.3) is 0 Å². The molecular formula is C18H23N3OS. The van der Waals surface area contributed by atoms with Crippen LogP contribution in [0.5, 0.6) is 0 Å². The summed E-state index contributed by atoms with van der Waals surface area (Å²) in [5, 5.41) is 10.1. The molecule has 3 rings (SSSR count). The first-order valence-corrected chi connectivity index (χ1v) is 8.61. The minimum atomic E-state index is -0.302. The number of hydrogen-bond acceptors (Lipinski definition) is 5. The number of fused-ring (bicyclic) bond motifs is 1. The summed E-state index contributed by atoms with van der Waals surface area (Å²) in [6.45, 7) is 1.52. The van der Waals surface area contributed by atoms with Crippen LogP contribution < -0.4 is 8.61 Å². The van der Waals surface area contributed by atoms with Crippen LogP contribution in [0.2, 0.25) is 0 Å². The van der Waals surface area contributed by atoms with E-state index in [1.54, 1.807) is 12.1 Å². The third kappa shape index (κ3) is 3.80. The van der Waals surface area contributed by atoms with Gasteiger partial charge in [0.05, 0.1) is 35.3 Å². The van der Waals surface area contributed by atoms with E-state index in [0.29, 0.717) is 6.54 Å². The third-order valence-electron chi connectivity index (χ3n) is 3.78. The van der Waals surface area contributed by atoms with Crippen LogP contribution in [0.3, 0.4) is 0 Å². The minimum absolute atomic E-state index is 0.302. The summed E-state index contributed by atoms with van der Waals surface area (Å²) in [5.74, 6) is 0. The Morgan fingerprint density at radius 2 is 1.65 bits per heavy atom. The zero-order valence-electron chi connectivity index (χ0n) is 13.6. The maximum absolute atomic E-state index is 10.1. The number of aliphatic hydroxyl groups is 1. The number of rotatable bonds is 6. The number of benzene rings is 2. The van der Waals surface area contributed by atoms with Crippen LogP contribution >= 0.6 is 12.1 Å². The molecule has 122 valence electrons. The van der Waals surface area contributed by atoms with Gasteiger partial charge in [-0.25, -0.2) is 0 Å². The summed E-state index contributed by atoms with van der Waals surface area (Å²) in [6.07, 6.45) is 0.450. The van der Waals surface area contributed by atoms with Crippen LogP contribution in [0.1, 0.15) is 6.42 Å². The van der Waals surface area contributed by atoms with Gasteiger partial charge in [0.1, 0.15) is 0 Å². The predicted molar refractivity (Wildman–Crippen MR) is 99.1 cm³/mol. The lowest BCUT2D eigenvalue weighted by Crippen LogP contribution is -2.29. The molecule has 1 atom stereocenters. The average Bonchev–Trinajstić information content (AvgIpc) is 2.92. The van der Waals surface area contributed by atoms with Crippen molar-refractivity contribution in [3.05, 3.63) is 54.6 Å². The van der Waals surface area contributed by atoms with Gasteiger partial charge >= 0.3 is 0 Å². The van der Waals surface area contributed by atoms with Gasteiger partial charge in [-0.3, -0.25) is 8.61 Å². The number of likely N-dealkylation sites (N-methyl/N-ethyl adjacent to an activating group) is 1. The molecule has 23 heavy (non-hydrogen) atoms.